The van der Waals surface area contributed by atoms with Crippen LogP contribution in [-0.2, 0) is 9.59 Å². The largest absolute Gasteiger partial charge is 0.480 e. The number of aliphatic hydroxyl groups excluding tert-OH is 1. The van der Waals surface area contributed by atoms with Crippen LogP contribution in [0, 0.1) is 5.92 Å². The third-order valence-electron chi connectivity index (χ3n) is 2.61. The van der Waals surface area contributed by atoms with Gasteiger partial charge in [0.15, 0.2) is 0 Å². The van der Waals surface area contributed by atoms with E-state index in [1.807, 2.05) is 12.2 Å². The number of allylic oxidation sites excluding steroid dienone is 2. The van der Waals surface area contributed by atoms with Crippen molar-refractivity contribution in [3.05, 3.63) is 12.2 Å². The maximum absolute atomic E-state index is 11.5. The Balaban J connectivity index is 2.35. The van der Waals surface area contributed by atoms with Crippen molar-refractivity contribution in [2.45, 2.75) is 31.7 Å². The third-order valence-corrected chi connectivity index (χ3v) is 2.61. The lowest BCUT2D eigenvalue weighted by Gasteiger charge is -2.14. The fourth-order valence-corrected chi connectivity index (χ4v) is 1.74. The number of amides is 1. The van der Waals surface area contributed by atoms with E-state index in [1.54, 1.807) is 0 Å². The van der Waals surface area contributed by atoms with E-state index in [-0.39, 0.29) is 24.9 Å². The molecule has 0 aromatic heterocycles. The Bertz CT molecular complexity index is 288. The van der Waals surface area contributed by atoms with E-state index >= 15 is 0 Å². The van der Waals surface area contributed by atoms with Crippen LogP contribution in [0.15, 0.2) is 12.2 Å². The smallest absolute Gasteiger partial charge is 0.326 e. The Morgan fingerprint density at radius 1 is 1.50 bits per heavy atom. The molecule has 90 valence electrons. The van der Waals surface area contributed by atoms with Crippen molar-refractivity contribution in [1.82, 2.24) is 5.32 Å². The first-order valence-corrected chi connectivity index (χ1v) is 5.43. The van der Waals surface area contributed by atoms with E-state index in [2.05, 4.69) is 5.32 Å². The highest BCUT2D eigenvalue weighted by Gasteiger charge is 2.21. The molecule has 0 heterocycles. The molecule has 2 unspecified atom stereocenters. The first kappa shape index (κ1) is 12.7. The molecule has 0 aromatic carbocycles. The average Bonchev–Trinajstić information content (AvgIpc) is 2.69. The summed E-state index contributed by atoms with van der Waals surface area (Å²) in [6.07, 6.45) is 6.32. The van der Waals surface area contributed by atoms with E-state index in [4.69, 9.17) is 10.2 Å². The van der Waals surface area contributed by atoms with Crippen LogP contribution >= 0.6 is 0 Å². The molecule has 0 spiro atoms. The highest BCUT2D eigenvalue weighted by molar-refractivity contribution is 5.83. The molecule has 0 radical (unpaired) electrons. The Morgan fingerprint density at radius 3 is 2.75 bits per heavy atom. The van der Waals surface area contributed by atoms with Gasteiger partial charge in [-0.2, -0.15) is 0 Å². The van der Waals surface area contributed by atoms with Crippen LogP contribution < -0.4 is 5.32 Å². The van der Waals surface area contributed by atoms with Crippen molar-refractivity contribution in [3.63, 3.8) is 0 Å². The van der Waals surface area contributed by atoms with Gasteiger partial charge >= 0.3 is 5.97 Å². The van der Waals surface area contributed by atoms with Gasteiger partial charge in [0.1, 0.15) is 6.04 Å². The van der Waals surface area contributed by atoms with Gasteiger partial charge in [-0.1, -0.05) is 12.2 Å². The molecule has 1 amide bonds. The molecule has 1 aliphatic carbocycles. The maximum atomic E-state index is 11.5. The highest BCUT2D eigenvalue weighted by atomic mass is 16.4. The van der Waals surface area contributed by atoms with Gasteiger partial charge in [0, 0.05) is 19.4 Å². The van der Waals surface area contributed by atoms with Gasteiger partial charge in [-0.25, -0.2) is 4.79 Å². The van der Waals surface area contributed by atoms with Crippen LogP contribution in [0.5, 0.6) is 0 Å². The monoisotopic (exact) mass is 227 g/mol. The zero-order valence-electron chi connectivity index (χ0n) is 9.06. The zero-order valence-corrected chi connectivity index (χ0v) is 9.06. The van der Waals surface area contributed by atoms with Crippen molar-refractivity contribution < 1.29 is 19.8 Å². The second kappa shape index (κ2) is 6.27. The highest BCUT2D eigenvalue weighted by Crippen LogP contribution is 2.20. The summed E-state index contributed by atoms with van der Waals surface area (Å²) in [6.45, 7) is -0.249. The second-order valence-corrected chi connectivity index (χ2v) is 3.94. The lowest BCUT2D eigenvalue weighted by Crippen LogP contribution is -2.41. The molecule has 0 aromatic rings. The minimum Gasteiger partial charge on any atom is -0.480 e. The number of rotatable bonds is 6. The van der Waals surface area contributed by atoms with E-state index in [0.717, 1.165) is 12.8 Å². The number of aliphatic carboxylic acids is 1. The molecule has 1 rings (SSSR count). The van der Waals surface area contributed by atoms with E-state index in [1.165, 1.54) is 0 Å². The molecule has 16 heavy (non-hydrogen) atoms. The van der Waals surface area contributed by atoms with E-state index in [0.29, 0.717) is 6.42 Å². The Morgan fingerprint density at radius 2 is 2.25 bits per heavy atom. The van der Waals surface area contributed by atoms with Crippen LogP contribution in [-0.4, -0.2) is 34.7 Å². The molecule has 0 aliphatic heterocycles. The molecular formula is C11H17NO4. The van der Waals surface area contributed by atoms with Crippen LogP contribution in [0.25, 0.3) is 0 Å². The third kappa shape index (κ3) is 4.02. The van der Waals surface area contributed by atoms with E-state index in [9.17, 15) is 9.59 Å². The molecule has 2 atom stereocenters. The average molecular weight is 227 g/mol. The van der Waals surface area contributed by atoms with Gasteiger partial charge in [0.25, 0.3) is 0 Å². The molecule has 0 saturated carbocycles. The molecule has 3 N–H and O–H groups in total. The number of carboxylic acid groups (broad SMARTS) is 1. The summed E-state index contributed by atoms with van der Waals surface area (Å²) >= 11 is 0. The van der Waals surface area contributed by atoms with Gasteiger partial charge in [0.05, 0.1) is 0 Å². The Hall–Kier alpha value is -1.36. The zero-order chi connectivity index (χ0) is 12.0. The number of aliphatic hydroxyl groups is 1. The predicted molar refractivity (Wildman–Crippen MR) is 57.8 cm³/mol. The van der Waals surface area contributed by atoms with Gasteiger partial charge in [-0.05, 0) is 18.8 Å². The minimum atomic E-state index is -1.11. The number of nitrogens with one attached hydrogen (secondary N) is 1. The summed E-state index contributed by atoms with van der Waals surface area (Å²) in [5.74, 6) is -1.15. The predicted octanol–water partition coefficient (Wildman–Crippen LogP) is 0.294. The number of carbonyl (C=O) groups excluding carboxylic acids is 1. The van der Waals surface area contributed by atoms with Crippen molar-refractivity contribution in [2.75, 3.05) is 6.61 Å². The lowest BCUT2D eigenvalue weighted by molar-refractivity contribution is -0.142. The first-order valence-electron chi connectivity index (χ1n) is 5.43. The number of hydrogen-bond acceptors (Lipinski definition) is 3. The summed E-state index contributed by atoms with van der Waals surface area (Å²) in [6, 6.07) is -0.983. The normalized spacial score (nSPS) is 20.7. The Kier molecular flexibility index (Phi) is 4.98. The van der Waals surface area contributed by atoms with Crippen molar-refractivity contribution in [3.8, 4) is 0 Å². The standard InChI is InChI=1S/C11H17NO4/c13-6-5-9(11(15)16)12-10(14)7-8-3-1-2-4-8/h1,3,8-9,13H,2,4-7H2,(H,12,14)(H,15,16). The lowest BCUT2D eigenvalue weighted by atomic mass is 10.0. The van der Waals surface area contributed by atoms with Crippen LogP contribution in [0.1, 0.15) is 25.7 Å². The summed E-state index contributed by atoms with van der Waals surface area (Å²) in [7, 11) is 0. The van der Waals surface area contributed by atoms with Gasteiger partial charge in [-0.3, -0.25) is 4.79 Å². The van der Waals surface area contributed by atoms with Crippen LogP contribution in [0.3, 0.4) is 0 Å². The van der Waals surface area contributed by atoms with Crippen molar-refractivity contribution in [2.24, 2.45) is 5.92 Å². The topological polar surface area (TPSA) is 86.6 Å². The molecule has 5 nitrogen and oxygen atoms in total. The quantitative estimate of drug-likeness (QED) is 0.569. The number of carboxylic acids is 1. The molecular weight excluding hydrogens is 210 g/mol. The minimum absolute atomic E-state index is 0.0432. The Labute approximate surface area is 94.2 Å². The summed E-state index contributed by atoms with van der Waals surface area (Å²) in [5.41, 5.74) is 0. The van der Waals surface area contributed by atoms with Gasteiger partial charge < -0.3 is 15.5 Å². The van der Waals surface area contributed by atoms with Crippen molar-refractivity contribution in [1.29, 1.82) is 0 Å². The summed E-state index contributed by atoms with van der Waals surface area (Å²) in [5, 5.41) is 19.8. The van der Waals surface area contributed by atoms with Crippen LogP contribution in [0.4, 0.5) is 0 Å². The maximum Gasteiger partial charge on any atom is 0.326 e. The summed E-state index contributed by atoms with van der Waals surface area (Å²) in [4.78, 5) is 22.2. The van der Waals surface area contributed by atoms with Crippen molar-refractivity contribution >= 4 is 11.9 Å². The number of hydrogen-bond donors (Lipinski definition) is 3. The molecule has 5 heteroatoms. The molecule has 1 aliphatic rings. The van der Waals surface area contributed by atoms with E-state index < -0.39 is 12.0 Å². The van der Waals surface area contributed by atoms with Gasteiger partial charge in [0.2, 0.25) is 5.91 Å². The molecule has 0 saturated heterocycles. The molecule has 0 bridgehead atoms. The van der Waals surface area contributed by atoms with Crippen LogP contribution in [0.2, 0.25) is 0 Å². The molecule has 0 fully saturated rings. The SMILES string of the molecule is O=C(CC1C=CCC1)NC(CCO)C(=O)O. The van der Waals surface area contributed by atoms with Gasteiger partial charge in [-0.15, -0.1) is 0 Å². The number of carbonyl (C=O) groups is 2. The fraction of sp³-hybridized carbons (Fsp3) is 0.636. The fourth-order valence-electron chi connectivity index (χ4n) is 1.74. The summed E-state index contributed by atoms with van der Waals surface area (Å²) < 4.78 is 0. The first-order chi connectivity index (χ1) is 7.63. The second-order valence-electron chi connectivity index (χ2n) is 3.94.